The van der Waals surface area contributed by atoms with Crippen LogP contribution in [0.4, 0.5) is 0 Å². The molecule has 72 valence electrons. The number of hydrogen-bond acceptors (Lipinski definition) is 4. The molecule has 0 spiro atoms. The Morgan fingerprint density at radius 1 is 1.67 bits per heavy atom. The topological polar surface area (TPSA) is 87.5 Å². The largest absolute Gasteiger partial charge is 0.313 e. The smallest absolute Gasteiger partial charge is 0.275 e. The number of likely N-dealkylation sites (N-methyl/N-ethyl adjacent to an activating group) is 1. The average molecular weight is 194 g/mol. The fraction of sp³-hybridized carbons (Fsp3) is 1.00. The molecule has 1 atom stereocenters. The second-order valence-electron chi connectivity index (χ2n) is 2.86. The monoisotopic (exact) mass is 194 g/mol. The van der Waals surface area contributed by atoms with Crippen LogP contribution in [0.1, 0.15) is 0 Å². The van der Waals surface area contributed by atoms with Crippen LogP contribution in [0.3, 0.4) is 0 Å². The molecule has 0 radical (unpaired) electrons. The van der Waals surface area contributed by atoms with Crippen LogP contribution in [-0.4, -0.2) is 46.2 Å². The fourth-order valence-corrected chi connectivity index (χ4v) is 1.77. The molecular weight excluding hydrogens is 180 g/mol. The number of nitrogens with two attached hydrogens (primary N) is 1. The van der Waals surface area contributed by atoms with Crippen LogP contribution in [0, 0.1) is 0 Å². The Balaban J connectivity index is 2.50. The number of nitrogens with zero attached hydrogens (tertiary/aromatic N) is 1. The van der Waals surface area contributed by atoms with Gasteiger partial charge in [-0.1, -0.05) is 0 Å². The minimum Gasteiger partial charge on any atom is -0.313 e. The molecule has 1 unspecified atom stereocenters. The van der Waals surface area contributed by atoms with Crippen LogP contribution in [0.2, 0.25) is 0 Å². The van der Waals surface area contributed by atoms with Crippen LogP contribution >= 0.6 is 0 Å². The molecule has 0 aromatic carbocycles. The third kappa shape index (κ3) is 3.03. The molecule has 0 aromatic heterocycles. The SMILES string of the molecule is CN1CCNCC1NS(N)(=O)=O. The highest BCUT2D eigenvalue weighted by molar-refractivity contribution is 7.87. The van der Waals surface area contributed by atoms with Gasteiger partial charge in [0.15, 0.2) is 0 Å². The highest BCUT2D eigenvalue weighted by Gasteiger charge is 2.21. The van der Waals surface area contributed by atoms with Crippen molar-refractivity contribution in [3.63, 3.8) is 0 Å². The fourth-order valence-electron chi connectivity index (χ4n) is 1.13. The number of rotatable bonds is 2. The summed E-state index contributed by atoms with van der Waals surface area (Å²) >= 11 is 0. The van der Waals surface area contributed by atoms with E-state index in [9.17, 15) is 8.42 Å². The molecule has 1 aliphatic rings. The van der Waals surface area contributed by atoms with Crippen LogP contribution < -0.4 is 15.2 Å². The van der Waals surface area contributed by atoms with E-state index in [4.69, 9.17) is 5.14 Å². The van der Waals surface area contributed by atoms with E-state index in [0.717, 1.165) is 13.1 Å². The molecule has 1 heterocycles. The van der Waals surface area contributed by atoms with E-state index < -0.39 is 10.2 Å². The summed E-state index contributed by atoms with van der Waals surface area (Å²) in [7, 11) is -1.74. The first kappa shape index (κ1) is 9.87. The maximum absolute atomic E-state index is 10.7. The highest BCUT2D eigenvalue weighted by atomic mass is 32.2. The Bertz CT molecular complexity index is 240. The van der Waals surface area contributed by atoms with E-state index in [1.807, 2.05) is 11.9 Å². The Labute approximate surface area is 72.3 Å². The summed E-state index contributed by atoms with van der Waals surface area (Å²) in [6.45, 7) is 2.28. The second kappa shape index (κ2) is 3.67. The molecule has 1 rings (SSSR count). The van der Waals surface area contributed by atoms with Gasteiger partial charge in [0.2, 0.25) is 0 Å². The quantitative estimate of drug-likeness (QED) is 0.459. The van der Waals surface area contributed by atoms with E-state index in [2.05, 4.69) is 10.0 Å². The minimum atomic E-state index is -3.59. The zero-order valence-electron chi connectivity index (χ0n) is 6.95. The third-order valence-electron chi connectivity index (χ3n) is 1.81. The summed E-state index contributed by atoms with van der Waals surface area (Å²) < 4.78 is 23.6. The predicted octanol–water partition coefficient (Wildman–Crippen LogP) is -2.36. The van der Waals surface area contributed by atoms with Crippen LogP contribution in [0.25, 0.3) is 0 Å². The lowest BCUT2D eigenvalue weighted by Crippen LogP contribution is -2.58. The number of piperazine rings is 1. The van der Waals surface area contributed by atoms with Crippen molar-refractivity contribution in [2.24, 2.45) is 5.14 Å². The molecule has 7 heteroatoms. The highest BCUT2D eigenvalue weighted by Crippen LogP contribution is 1.96. The molecule has 0 amide bonds. The predicted molar refractivity (Wildman–Crippen MR) is 45.5 cm³/mol. The van der Waals surface area contributed by atoms with Crippen molar-refractivity contribution in [3.8, 4) is 0 Å². The minimum absolute atomic E-state index is 0.228. The van der Waals surface area contributed by atoms with E-state index >= 15 is 0 Å². The lowest BCUT2D eigenvalue weighted by molar-refractivity contribution is 0.189. The summed E-state index contributed by atoms with van der Waals surface area (Å²) in [4.78, 5) is 1.90. The number of hydrogen-bond donors (Lipinski definition) is 3. The van der Waals surface area contributed by atoms with Crippen molar-refractivity contribution in [2.75, 3.05) is 26.7 Å². The maximum Gasteiger partial charge on any atom is 0.275 e. The first-order valence-electron chi connectivity index (χ1n) is 3.70. The van der Waals surface area contributed by atoms with Crippen LogP contribution in [0.5, 0.6) is 0 Å². The van der Waals surface area contributed by atoms with Crippen molar-refractivity contribution >= 4 is 10.2 Å². The van der Waals surface area contributed by atoms with E-state index in [1.54, 1.807) is 0 Å². The van der Waals surface area contributed by atoms with Crippen LogP contribution in [0.15, 0.2) is 0 Å². The van der Waals surface area contributed by atoms with Gasteiger partial charge in [0.1, 0.15) is 0 Å². The molecule has 1 fully saturated rings. The van der Waals surface area contributed by atoms with Crippen molar-refractivity contribution in [3.05, 3.63) is 0 Å². The van der Waals surface area contributed by atoms with Gasteiger partial charge in [-0.05, 0) is 7.05 Å². The molecule has 4 N–H and O–H groups in total. The van der Waals surface area contributed by atoms with Gasteiger partial charge in [-0.3, -0.25) is 4.90 Å². The zero-order valence-corrected chi connectivity index (χ0v) is 7.76. The summed E-state index contributed by atoms with van der Waals surface area (Å²) in [5.41, 5.74) is 0. The standard InChI is InChI=1S/C5H14N4O2S/c1-9-3-2-7-4-5(9)8-12(6,10)11/h5,7-8H,2-4H2,1H3,(H2,6,10,11). The van der Waals surface area contributed by atoms with Gasteiger partial charge in [0, 0.05) is 19.6 Å². The third-order valence-corrected chi connectivity index (χ3v) is 2.41. The van der Waals surface area contributed by atoms with Gasteiger partial charge in [-0.2, -0.15) is 13.1 Å². The maximum atomic E-state index is 10.7. The van der Waals surface area contributed by atoms with Gasteiger partial charge in [0.25, 0.3) is 10.2 Å². The molecule has 6 nitrogen and oxygen atoms in total. The number of nitrogens with one attached hydrogen (secondary N) is 2. The summed E-state index contributed by atoms with van der Waals surface area (Å²) in [6, 6.07) is 0. The Hall–Kier alpha value is -0.210. The molecule has 1 aliphatic heterocycles. The molecule has 12 heavy (non-hydrogen) atoms. The normalized spacial score (nSPS) is 27.3. The second-order valence-corrected chi connectivity index (χ2v) is 4.19. The first-order valence-corrected chi connectivity index (χ1v) is 5.25. The van der Waals surface area contributed by atoms with Crippen molar-refractivity contribution in [2.45, 2.75) is 6.17 Å². The van der Waals surface area contributed by atoms with E-state index in [-0.39, 0.29) is 6.17 Å². The Morgan fingerprint density at radius 3 is 2.83 bits per heavy atom. The molecule has 1 saturated heterocycles. The van der Waals surface area contributed by atoms with Gasteiger partial charge in [-0.15, -0.1) is 0 Å². The zero-order chi connectivity index (χ0) is 9.19. The van der Waals surface area contributed by atoms with Crippen molar-refractivity contribution in [1.29, 1.82) is 0 Å². The molecule has 0 aromatic rings. The summed E-state index contributed by atoms with van der Waals surface area (Å²) in [5, 5.41) is 7.90. The summed E-state index contributed by atoms with van der Waals surface area (Å²) in [6.07, 6.45) is -0.228. The molecule has 0 saturated carbocycles. The first-order chi connectivity index (χ1) is 5.49. The van der Waals surface area contributed by atoms with E-state index in [0.29, 0.717) is 6.54 Å². The lowest BCUT2D eigenvalue weighted by atomic mass is 10.3. The summed E-state index contributed by atoms with van der Waals surface area (Å²) in [5.74, 6) is 0. The van der Waals surface area contributed by atoms with E-state index in [1.165, 1.54) is 0 Å². The molecule has 0 bridgehead atoms. The van der Waals surface area contributed by atoms with Gasteiger partial charge >= 0.3 is 0 Å². The van der Waals surface area contributed by atoms with Crippen molar-refractivity contribution < 1.29 is 8.42 Å². The lowest BCUT2D eigenvalue weighted by Gasteiger charge is -2.32. The average Bonchev–Trinajstić information content (AvgIpc) is 1.91. The van der Waals surface area contributed by atoms with Gasteiger partial charge in [-0.25, -0.2) is 5.14 Å². The van der Waals surface area contributed by atoms with Gasteiger partial charge in [0.05, 0.1) is 6.17 Å². The van der Waals surface area contributed by atoms with Crippen molar-refractivity contribution in [1.82, 2.24) is 14.9 Å². The Morgan fingerprint density at radius 2 is 2.33 bits per heavy atom. The van der Waals surface area contributed by atoms with Crippen LogP contribution in [-0.2, 0) is 10.2 Å². The molecular formula is C5H14N4O2S. The van der Waals surface area contributed by atoms with Gasteiger partial charge < -0.3 is 5.32 Å². The molecule has 0 aliphatic carbocycles. The Kier molecular flexibility index (Phi) is 3.02.